The molecule has 1 atom stereocenters. The SMILES string of the molecule is CCN1C(=S)N[C@H](c2ccc(NC(=O)c3ccc(C)cc3)cc2)C(C(=O)OC(C)C)=C1C. The van der Waals surface area contributed by atoms with Gasteiger partial charge in [0.25, 0.3) is 5.91 Å². The molecule has 0 saturated carbocycles. The van der Waals surface area contributed by atoms with Crippen molar-refractivity contribution in [3.05, 3.63) is 76.5 Å². The molecule has 0 radical (unpaired) electrons. The molecule has 1 aliphatic rings. The Balaban J connectivity index is 1.86. The highest BCUT2D eigenvalue weighted by Gasteiger charge is 2.34. The van der Waals surface area contributed by atoms with Gasteiger partial charge in [0.2, 0.25) is 0 Å². The predicted octanol–water partition coefficient (Wildman–Crippen LogP) is 4.72. The molecule has 32 heavy (non-hydrogen) atoms. The van der Waals surface area contributed by atoms with Crippen LogP contribution in [0.2, 0.25) is 0 Å². The van der Waals surface area contributed by atoms with Crippen molar-refractivity contribution in [2.45, 2.75) is 46.8 Å². The number of thiocarbonyl (C=S) groups is 1. The molecular weight excluding hydrogens is 422 g/mol. The van der Waals surface area contributed by atoms with Crippen molar-refractivity contribution in [3.8, 4) is 0 Å². The zero-order valence-corrected chi connectivity index (χ0v) is 19.9. The average molecular weight is 452 g/mol. The Morgan fingerprint density at radius 1 is 1.09 bits per heavy atom. The summed E-state index contributed by atoms with van der Waals surface area (Å²) in [4.78, 5) is 27.3. The van der Waals surface area contributed by atoms with Crippen LogP contribution in [-0.2, 0) is 9.53 Å². The third-order valence-electron chi connectivity index (χ3n) is 5.29. The second-order valence-electron chi connectivity index (χ2n) is 8.02. The molecule has 1 heterocycles. The fourth-order valence-corrected chi connectivity index (χ4v) is 4.01. The fraction of sp³-hybridized carbons (Fsp3) is 0.320. The van der Waals surface area contributed by atoms with Crippen LogP contribution in [0.4, 0.5) is 5.69 Å². The zero-order chi connectivity index (χ0) is 23.4. The lowest BCUT2D eigenvalue weighted by molar-refractivity contribution is -0.143. The maximum Gasteiger partial charge on any atom is 0.338 e. The maximum absolute atomic E-state index is 12.9. The van der Waals surface area contributed by atoms with Crippen molar-refractivity contribution < 1.29 is 14.3 Å². The van der Waals surface area contributed by atoms with Crippen molar-refractivity contribution in [2.75, 3.05) is 11.9 Å². The van der Waals surface area contributed by atoms with E-state index in [1.54, 1.807) is 12.1 Å². The van der Waals surface area contributed by atoms with E-state index < -0.39 is 6.04 Å². The van der Waals surface area contributed by atoms with Crippen LogP contribution in [0.3, 0.4) is 0 Å². The minimum absolute atomic E-state index is 0.176. The van der Waals surface area contributed by atoms with Gasteiger partial charge < -0.3 is 20.3 Å². The van der Waals surface area contributed by atoms with Crippen LogP contribution in [0.5, 0.6) is 0 Å². The summed E-state index contributed by atoms with van der Waals surface area (Å²) in [6.45, 7) is 10.1. The lowest BCUT2D eigenvalue weighted by Crippen LogP contribution is -2.47. The average Bonchev–Trinajstić information content (AvgIpc) is 2.74. The van der Waals surface area contributed by atoms with Crippen molar-refractivity contribution >= 4 is 34.9 Å². The number of carbonyl (C=O) groups is 2. The molecule has 2 N–H and O–H groups in total. The Bertz CT molecular complexity index is 1040. The van der Waals surface area contributed by atoms with E-state index in [1.807, 2.05) is 75.9 Å². The summed E-state index contributed by atoms with van der Waals surface area (Å²) in [5, 5.41) is 6.74. The van der Waals surface area contributed by atoms with Crippen LogP contribution in [-0.4, -0.2) is 34.5 Å². The van der Waals surface area contributed by atoms with Gasteiger partial charge in [-0.2, -0.15) is 0 Å². The molecular formula is C25H29N3O3S. The lowest BCUT2D eigenvalue weighted by atomic mass is 9.94. The summed E-state index contributed by atoms with van der Waals surface area (Å²) >= 11 is 5.53. The first-order valence-corrected chi connectivity index (χ1v) is 11.1. The van der Waals surface area contributed by atoms with E-state index in [9.17, 15) is 9.59 Å². The van der Waals surface area contributed by atoms with Crippen LogP contribution in [0.1, 0.15) is 55.2 Å². The molecule has 168 valence electrons. The van der Waals surface area contributed by atoms with Gasteiger partial charge in [-0.1, -0.05) is 29.8 Å². The predicted molar refractivity (Wildman–Crippen MR) is 130 cm³/mol. The smallest absolute Gasteiger partial charge is 0.338 e. The topological polar surface area (TPSA) is 70.7 Å². The van der Waals surface area contributed by atoms with E-state index in [0.717, 1.165) is 16.8 Å². The number of anilines is 1. The summed E-state index contributed by atoms with van der Waals surface area (Å²) in [6.07, 6.45) is -0.230. The number of benzene rings is 2. The van der Waals surface area contributed by atoms with Crippen LogP contribution < -0.4 is 10.6 Å². The van der Waals surface area contributed by atoms with Crippen LogP contribution in [0, 0.1) is 6.92 Å². The van der Waals surface area contributed by atoms with Gasteiger partial charge in [-0.05, 0) is 76.7 Å². The molecule has 2 aromatic rings. The van der Waals surface area contributed by atoms with Gasteiger partial charge >= 0.3 is 5.97 Å². The third kappa shape index (κ3) is 5.16. The molecule has 3 rings (SSSR count). The molecule has 0 spiro atoms. The standard InChI is InChI=1S/C25H29N3O3S/c1-6-28-17(5)21(24(30)31-15(2)3)22(27-25(28)32)18-11-13-20(14-12-18)26-23(29)19-9-7-16(4)8-10-19/h7-15,22H,6H2,1-5H3,(H,26,29)(H,27,32)/t22-/m1/s1. The molecule has 0 aromatic heterocycles. The van der Waals surface area contributed by atoms with Gasteiger partial charge in [-0.3, -0.25) is 4.79 Å². The lowest BCUT2D eigenvalue weighted by Gasteiger charge is -2.37. The number of aryl methyl sites for hydroxylation is 1. The summed E-state index contributed by atoms with van der Waals surface area (Å²) < 4.78 is 5.51. The van der Waals surface area contributed by atoms with E-state index in [1.165, 1.54) is 0 Å². The number of amides is 1. The molecule has 1 amide bonds. The molecule has 6 nitrogen and oxygen atoms in total. The van der Waals surface area contributed by atoms with Crippen molar-refractivity contribution in [1.82, 2.24) is 10.2 Å². The molecule has 1 aliphatic heterocycles. The Morgan fingerprint density at radius 3 is 2.28 bits per heavy atom. The number of allylic oxidation sites excluding steroid dienone is 1. The molecule has 7 heteroatoms. The zero-order valence-electron chi connectivity index (χ0n) is 19.1. The number of hydrogen-bond acceptors (Lipinski definition) is 4. The monoisotopic (exact) mass is 451 g/mol. The van der Waals surface area contributed by atoms with Gasteiger partial charge in [0.1, 0.15) is 0 Å². The first-order valence-electron chi connectivity index (χ1n) is 10.7. The van der Waals surface area contributed by atoms with Crippen LogP contribution in [0.15, 0.2) is 59.8 Å². The largest absolute Gasteiger partial charge is 0.459 e. The highest BCUT2D eigenvalue weighted by atomic mass is 32.1. The first-order chi connectivity index (χ1) is 15.2. The summed E-state index contributed by atoms with van der Waals surface area (Å²) in [5.41, 5.74) is 4.53. The van der Waals surface area contributed by atoms with Crippen LogP contribution in [0.25, 0.3) is 0 Å². The summed E-state index contributed by atoms with van der Waals surface area (Å²) in [5.74, 6) is -0.544. The van der Waals surface area contributed by atoms with Gasteiger partial charge in [-0.15, -0.1) is 0 Å². The van der Waals surface area contributed by atoms with Crippen molar-refractivity contribution in [1.29, 1.82) is 0 Å². The number of nitrogens with one attached hydrogen (secondary N) is 2. The molecule has 0 bridgehead atoms. The van der Waals surface area contributed by atoms with E-state index >= 15 is 0 Å². The summed E-state index contributed by atoms with van der Waals surface area (Å²) in [7, 11) is 0. The van der Waals surface area contributed by atoms with E-state index in [0.29, 0.717) is 28.5 Å². The molecule has 0 saturated heterocycles. The minimum atomic E-state index is -0.432. The molecule has 0 fully saturated rings. The molecule has 2 aromatic carbocycles. The Hall–Kier alpha value is -3.19. The summed E-state index contributed by atoms with van der Waals surface area (Å²) in [6, 6.07) is 14.4. The van der Waals surface area contributed by atoms with E-state index in [2.05, 4.69) is 10.6 Å². The molecule has 0 unspecified atom stereocenters. The van der Waals surface area contributed by atoms with Gasteiger partial charge in [0.05, 0.1) is 17.7 Å². The van der Waals surface area contributed by atoms with Crippen molar-refractivity contribution in [2.24, 2.45) is 0 Å². The van der Waals surface area contributed by atoms with E-state index in [4.69, 9.17) is 17.0 Å². The second kappa shape index (κ2) is 9.96. The van der Waals surface area contributed by atoms with Gasteiger partial charge in [0, 0.05) is 23.5 Å². The number of esters is 1. The van der Waals surface area contributed by atoms with Crippen molar-refractivity contribution in [3.63, 3.8) is 0 Å². The third-order valence-corrected chi connectivity index (χ3v) is 5.63. The number of nitrogens with zero attached hydrogens (tertiary/aromatic N) is 1. The second-order valence-corrected chi connectivity index (χ2v) is 8.41. The number of rotatable bonds is 6. The molecule has 0 aliphatic carbocycles. The first kappa shape index (κ1) is 23.5. The Morgan fingerprint density at radius 2 is 1.72 bits per heavy atom. The quantitative estimate of drug-likeness (QED) is 0.489. The highest BCUT2D eigenvalue weighted by molar-refractivity contribution is 7.80. The van der Waals surface area contributed by atoms with Gasteiger partial charge in [-0.25, -0.2) is 4.79 Å². The normalized spacial score (nSPS) is 16.1. The Kier molecular flexibility index (Phi) is 7.30. The maximum atomic E-state index is 12.9. The number of hydrogen-bond donors (Lipinski definition) is 2. The minimum Gasteiger partial charge on any atom is -0.459 e. The highest BCUT2D eigenvalue weighted by Crippen LogP contribution is 2.32. The fourth-order valence-electron chi connectivity index (χ4n) is 3.62. The van der Waals surface area contributed by atoms with Crippen LogP contribution >= 0.6 is 12.2 Å². The number of ether oxygens (including phenoxy) is 1. The van der Waals surface area contributed by atoms with E-state index in [-0.39, 0.29) is 18.0 Å². The Labute approximate surface area is 194 Å². The van der Waals surface area contributed by atoms with Gasteiger partial charge in [0.15, 0.2) is 5.11 Å². The number of carbonyl (C=O) groups excluding carboxylic acids is 2.